The van der Waals surface area contributed by atoms with Crippen LogP contribution in [-0.2, 0) is 0 Å². The van der Waals surface area contributed by atoms with E-state index in [1.807, 2.05) is 0 Å². The van der Waals surface area contributed by atoms with E-state index in [1.54, 1.807) is 0 Å². The highest BCUT2D eigenvalue weighted by molar-refractivity contribution is 4.93. The van der Waals surface area contributed by atoms with Crippen LogP contribution in [0.5, 0.6) is 0 Å². The van der Waals surface area contributed by atoms with Crippen molar-refractivity contribution in [1.82, 2.24) is 10.2 Å². The Morgan fingerprint density at radius 1 is 1.00 bits per heavy atom. The largest absolute Gasteiger partial charge is 0.311 e. The number of piperidine rings is 1. The van der Waals surface area contributed by atoms with Gasteiger partial charge in [0.2, 0.25) is 0 Å². The van der Waals surface area contributed by atoms with Gasteiger partial charge in [-0.05, 0) is 69.9 Å². The van der Waals surface area contributed by atoms with Crippen LogP contribution in [0.2, 0.25) is 0 Å². The second-order valence-corrected chi connectivity index (χ2v) is 7.78. The second kappa shape index (κ2) is 5.73. The minimum Gasteiger partial charge on any atom is -0.311 e. The number of rotatable bonds is 2. The lowest BCUT2D eigenvalue weighted by Crippen LogP contribution is -2.51. The smallest absolute Gasteiger partial charge is 0.0120 e. The van der Waals surface area contributed by atoms with Gasteiger partial charge >= 0.3 is 0 Å². The standard InChI is InChI=1S/C17H32N2/c1-14-13-19(2)12-7-16(14)18-15-5-10-17(11-6-15)8-3-4-9-17/h14-16,18H,3-13H2,1-2H3. The molecule has 110 valence electrons. The van der Waals surface area contributed by atoms with Crippen LogP contribution in [0.15, 0.2) is 0 Å². The summed E-state index contributed by atoms with van der Waals surface area (Å²) in [5.74, 6) is 0.820. The summed E-state index contributed by atoms with van der Waals surface area (Å²) < 4.78 is 0. The van der Waals surface area contributed by atoms with Crippen molar-refractivity contribution >= 4 is 0 Å². The van der Waals surface area contributed by atoms with Gasteiger partial charge in [0.25, 0.3) is 0 Å². The molecule has 0 radical (unpaired) electrons. The minimum absolute atomic E-state index is 0.777. The number of nitrogens with one attached hydrogen (secondary N) is 1. The highest BCUT2D eigenvalue weighted by Crippen LogP contribution is 2.48. The van der Waals surface area contributed by atoms with Crippen molar-refractivity contribution in [2.45, 2.75) is 76.8 Å². The van der Waals surface area contributed by atoms with Crippen LogP contribution in [0.25, 0.3) is 0 Å². The summed E-state index contributed by atoms with van der Waals surface area (Å²) in [6, 6.07) is 1.60. The molecule has 19 heavy (non-hydrogen) atoms. The second-order valence-electron chi connectivity index (χ2n) is 7.78. The molecule has 0 amide bonds. The molecule has 2 heteroatoms. The highest BCUT2D eigenvalue weighted by Gasteiger charge is 2.38. The fourth-order valence-corrected chi connectivity index (χ4v) is 4.93. The van der Waals surface area contributed by atoms with Crippen LogP contribution in [-0.4, -0.2) is 37.1 Å². The fourth-order valence-electron chi connectivity index (χ4n) is 4.93. The molecule has 1 heterocycles. The quantitative estimate of drug-likeness (QED) is 0.822. The summed E-state index contributed by atoms with van der Waals surface area (Å²) in [6.07, 6.45) is 13.3. The van der Waals surface area contributed by atoms with Crippen LogP contribution in [0.3, 0.4) is 0 Å². The lowest BCUT2D eigenvalue weighted by atomic mass is 9.71. The number of hydrogen-bond acceptors (Lipinski definition) is 2. The molecule has 1 saturated heterocycles. The third kappa shape index (κ3) is 3.16. The van der Waals surface area contributed by atoms with Crippen LogP contribution in [0.1, 0.15) is 64.7 Å². The van der Waals surface area contributed by atoms with Crippen molar-refractivity contribution in [2.75, 3.05) is 20.1 Å². The molecule has 3 fully saturated rings. The molecule has 1 spiro atoms. The van der Waals surface area contributed by atoms with E-state index in [2.05, 4.69) is 24.2 Å². The SMILES string of the molecule is CC1CN(C)CCC1NC1CCC2(CCCC2)CC1. The third-order valence-corrected chi connectivity index (χ3v) is 6.27. The van der Waals surface area contributed by atoms with Gasteiger partial charge in [-0.2, -0.15) is 0 Å². The van der Waals surface area contributed by atoms with Crippen LogP contribution >= 0.6 is 0 Å². The molecular formula is C17H32N2. The zero-order valence-corrected chi connectivity index (χ0v) is 13.0. The average Bonchev–Trinajstić information content (AvgIpc) is 2.84. The van der Waals surface area contributed by atoms with E-state index in [1.165, 1.54) is 70.9 Å². The molecule has 1 N–H and O–H groups in total. The molecule has 0 bridgehead atoms. The van der Waals surface area contributed by atoms with Crippen LogP contribution in [0.4, 0.5) is 0 Å². The van der Waals surface area contributed by atoms with Crippen LogP contribution < -0.4 is 5.32 Å². The van der Waals surface area contributed by atoms with Crippen molar-refractivity contribution in [3.63, 3.8) is 0 Å². The Morgan fingerprint density at radius 3 is 2.32 bits per heavy atom. The van der Waals surface area contributed by atoms with E-state index in [-0.39, 0.29) is 0 Å². The van der Waals surface area contributed by atoms with Gasteiger partial charge in [-0.1, -0.05) is 19.8 Å². The lowest BCUT2D eigenvalue weighted by Gasteiger charge is -2.42. The summed E-state index contributed by atoms with van der Waals surface area (Å²) in [5.41, 5.74) is 0.788. The normalized spacial score (nSPS) is 36.9. The first-order valence-corrected chi connectivity index (χ1v) is 8.61. The molecule has 1 aliphatic heterocycles. The highest BCUT2D eigenvalue weighted by atomic mass is 15.1. The monoisotopic (exact) mass is 264 g/mol. The Morgan fingerprint density at radius 2 is 1.68 bits per heavy atom. The topological polar surface area (TPSA) is 15.3 Å². The Labute approximate surface area is 119 Å². The predicted molar refractivity (Wildman–Crippen MR) is 81.4 cm³/mol. The van der Waals surface area contributed by atoms with E-state index < -0.39 is 0 Å². The maximum atomic E-state index is 4.01. The summed E-state index contributed by atoms with van der Waals surface area (Å²) in [7, 11) is 2.26. The van der Waals surface area contributed by atoms with Crippen molar-refractivity contribution in [2.24, 2.45) is 11.3 Å². The molecule has 0 aromatic carbocycles. The zero-order chi connectivity index (χ0) is 13.3. The first-order chi connectivity index (χ1) is 9.17. The van der Waals surface area contributed by atoms with Gasteiger partial charge < -0.3 is 10.2 Å². The van der Waals surface area contributed by atoms with Crippen molar-refractivity contribution in [3.05, 3.63) is 0 Å². The van der Waals surface area contributed by atoms with Gasteiger partial charge in [-0.3, -0.25) is 0 Å². The lowest BCUT2D eigenvalue weighted by molar-refractivity contribution is 0.128. The Bertz CT molecular complexity index is 286. The summed E-state index contributed by atoms with van der Waals surface area (Å²) in [5, 5.41) is 4.01. The van der Waals surface area contributed by atoms with E-state index in [4.69, 9.17) is 0 Å². The van der Waals surface area contributed by atoms with E-state index >= 15 is 0 Å². The van der Waals surface area contributed by atoms with E-state index in [0.29, 0.717) is 0 Å². The van der Waals surface area contributed by atoms with E-state index in [9.17, 15) is 0 Å². The first-order valence-electron chi connectivity index (χ1n) is 8.61. The Hall–Kier alpha value is -0.0800. The fraction of sp³-hybridized carbons (Fsp3) is 1.00. The number of hydrogen-bond donors (Lipinski definition) is 1. The molecule has 0 aromatic rings. The Kier molecular flexibility index (Phi) is 4.19. The molecule has 3 rings (SSSR count). The molecule has 3 aliphatic rings. The molecule has 2 atom stereocenters. The van der Waals surface area contributed by atoms with Gasteiger partial charge in [0.05, 0.1) is 0 Å². The molecule has 2 aliphatic carbocycles. The Balaban J connectivity index is 1.47. The molecule has 2 nitrogen and oxygen atoms in total. The predicted octanol–water partition coefficient (Wildman–Crippen LogP) is 3.42. The summed E-state index contributed by atoms with van der Waals surface area (Å²) >= 11 is 0. The van der Waals surface area contributed by atoms with Gasteiger partial charge in [-0.25, -0.2) is 0 Å². The molecule has 0 aromatic heterocycles. The van der Waals surface area contributed by atoms with Crippen LogP contribution in [0, 0.1) is 11.3 Å². The van der Waals surface area contributed by atoms with Gasteiger partial charge in [-0.15, -0.1) is 0 Å². The zero-order valence-electron chi connectivity index (χ0n) is 13.0. The summed E-state index contributed by atoms with van der Waals surface area (Å²) in [6.45, 7) is 4.97. The minimum atomic E-state index is 0.777. The maximum Gasteiger partial charge on any atom is 0.0120 e. The molecule has 2 unspecified atom stereocenters. The van der Waals surface area contributed by atoms with Gasteiger partial charge in [0.1, 0.15) is 0 Å². The van der Waals surface area contributed by atoms with Crippen molar-refractivity contribution < 1.29 is 0 Å². The number of nitrogens with zero attached hydrogens (tertiary/aromatic N) is 1. The number of likely N-dealkylation sites (tertiary alicyclic amines) is 1. The summed E-state index contributed by atoms with van der Waals surface area (Å²) in [4.78, 5) is 2.48. The maximum absolute atomic E-state index is 4.01. The van der Waals surface area contributed by atoms with Crippen molar-refractivity contribution in [3.8, 4) is 0 Å². The van der Waals surface area contributed by atoms with E-state index in [0.717, 1.165) is 23.4 Å². The average molecular weight is 264 g/mol. The first kappa shape index (κ1) is 13.9. The van der Waals surface area contributed by atoms with Crippen molar-refractivity contribution in [1.29, 1.82) is 0 Å². The molecule has 2 saturated carbocycles. The van der Waals surface area contributed by atoms with Gasteiger partial charge in [0.15, 0.2) is 0 Å². The molecular weight excluding hydrogens is 232 g/mol. The third-order valence-electron chi connectivity index (χ3n) is 6.27. The van der Waals surface area contributed by atoms with Gasteiger partial charge in [0, 0.05) is 18.6 Å².